The molecule has 1 aromatic rings. The van der Waals surface area contributed by atoms with E-state index >= 15 is 0 Å². The first-order chi connectivity index (χ1) is 6.79. The van der Waals surface area contributed by atoms with Crippen molar-refractivity contribution in [1.29, 1.82) is 0 Å². The van der Waals surface area contributed by atoms with E-state index in [9.17, 15) is 4.39 Å². The van der Waals surface area contributed by atoms with Gasteiger partial charge in [-0.05, 0) is 6.07 Å². The first-order valence-electron chi connectivity index (χ1n) is 4.25. The van der Waals surface area contributed by atoms with Gasteiger partial charge in [0.25, 0.3) is 0 Å². The Labute approximate surface area is 88.3 Å². The maximum absolute atomic E-state index is 13.5. The molecule has 0 spiro atoms. The van der Waals surface area contributed by atoms with Crippen molar-refractivity contribution >= 4 is 20.6 Å². The summed E-state index contributed by atoms with van der Waals surface area (Å²) in [6.45, 7) is 0.606. The third kappa shape index (κ3) is 2.06. The molecule has 1 saturated heterocycles. The zero-order valence-corrected chi connectivity index (χ0v) is 9.05. The van der Waals surface area contributed by atoms with Gasteiger partial charge in [-0.3, -0.25) is 0 Å². The molecule has 1 unspecified atom stereocenters. The van der Waals surface area contributed by atoms with E-state index < -0.39 is 0 Å². The standard InChI is InChI=1S/C9H9ClFO2P/c10-7-3-1-2-6(9(7)11)8-4-5-12-14-13-8/h1-3,8,14H,4-5H2/t8-/m1/s1. The Kier molecular flexibility index (Phi) is 3.34. The molecule has 0 saturated carbocycles. The van der Waals surface area contributed by atoms with E-state index in [0.29, 0.717) is 18.6 Å². The smallest absolute Gasteiger partial charge is 0.155 e. The molecule has 0 radical (unpaired) electrons. The molecule has 1 fully saturated rings. The minimum Gasteiger partial charge on any atom is -0.336 e. The van der Waals surface area contributed by atoms with E-state index in [1.54, 1.807) is 12.1 Å². The summed E-state index contributed by atoms with van der Waals surface area (Å²) < 4.78 is 23.9. The highest BCUT2D eigenvalue weighted by Gasteiger charge is 2.21. The summed E-state index contributed by atoms with van der Waals surface area (Å²) in [5, 5.41) is 0.140. The second-order valence-electron chi connectivity index (χ2n) is 2.97. The SMILES string of the molecule is Fc1c(Cl)cccc1[C@H]1CCOPO1. The molecular formula is C9H9ClFO2P. The molecule has 5 heteroatoms. The number of benzene rings is 1. The van der Waals surface area contributed by atoms with Crippen LogP contribution in [0.1, 0.15) is 18.1 Å². The van der Waals surface area contributed by atoms with Crippen molar-refractivity contribution < 1.29 is 13.4 Å². The lowest BCUT2D eigenvalue weighted by Crippen LogP contribution is -2.09. The van der Waals surface area contributed by atoms with E-state index in [0.717, 1.165) is 0 Å². The Morgan fingerprint density at radius 3 is 3.07 bits per heavy atom. The van der Waals surface area contributed by atoms with Gasteiger partial charge in [0.1, 0.15) is 5.82 Å². The second kappa shape index (κ2) is 4.54. The lowest BCUT2D eigenvalue weighted by atomic mass is 10.1. The van der Waals surface area contributed by atoms with Crippen molar-refractivity contribution in [3.63, 3.8) is 0 Å². The third-order valence-corrected chi connectivity index (χ3v) is 3.05. The molecule has 1 aromatic carbocycles. The van der Waals surface area contributed by atoms with E-state index in [2.05, 4.69) is 0 Å². The summed E-state index contributed by atoms with van der Waals surface area (Å²) in [5.41, 5.74) is 0.522. The van der Waals surface area contributed by atoms with E-state index in [1.807, 2.05) is 0 Å². The van der Waals surface area contributed by atoms with Crippen LogP contribution >= 0.6 is 20.6 Å². The van der Waals surface area contributed by atoms with Gasteiger partial charge in [0.2, 0.25) is 0 Å². The zero-order valence-electron chi connectivity index (χ0n) is 7.30. The predicted molar refractivity (Wildman–Crippen MR) is 54.1 cm³/mol. The van der Waals surface area contributed by atoms with Crippen molar-refractivity contribution in [3.05, 3.63) is 34.6 Å². The van der Waals surface area contributed by atoms with Crippen LogP contribution in [0.4, 0.5) is 4.39 Å². The molecule has 1 heterocycles. The van der Waals surface area contributed by atoms with Crippen LogP contribution in [0.5, 0.6) is 0 Å². The minimum absolute atomic E-state index is 0.00906. The number of rotatable bonds is 1. The summed E-state index contributed by atoms with van der Waals surface area (Å²) in [6.07, 6.45) is 0.449. The zero-order chi connectivity index (χ0) is 9.97. The molecule has 1 aliphatic heterocycles. The molecule has 0 bridgehead atoms. The van der Waals surface area contributed by atoms with E-state index in [4.69, 9.17) is 20.6 Å². The maximum atomic E-state index is 13.5. The van der Waals surface area contributed by atoms with Gasteiger partial charge in [-0.1, -0.05) is 23.7 Å². The van der Waals surface area contributed by atoms with E-state index in [1.165, 1.54) is 6.07 Å². The van der Waals surface area contributed by atoms with Gasteiger partial charge in [-0.25, -0.2) is 4.39 Å². The molecule has 0 N–H and O–H groups in total. The van der Waals surface area contributed by atoms with Crippen molar-refractivity contribution in [2.45, 2.75) is 12.5 Å². The van der Waals surface area contributed by atoms with Crippen molar-refractivity contribution in [2.75, 3.05) is 6.61 Å². The summed E-state index contributed by atoms with van der Waals surface area (Å²) in [7, 11) is -0.00906. The highest BCUT2D eigenvalue weighted by atomic mass is 35.5. The molecule has 2 rings (SSSR count). The van der Waals surface area contributed by atoms with Gasteiger partial charge in [0.15, 0.2) is 9.03 Å². The van der Waals surface area contributed by atoms with Crippen LogP contribution in [0.2, 0.25) is 5.02 Å². The van der Waals surface area contributed by atoms with Crippen LogP contribution in [0, 0.1) is 5.82 Å². The summed E-state index contributed by atoms with van der Waals surface area (Å²) in [6, 6.07) is 4.95. The topological polar surface area (TPSA) is 18.5 Å². The normalized spacial score (nSPS) is 24.0. The van der Waals surface area contributed by atoms with Gasteiger partial charge in [0, 0.05) is 12.0 Å². The van der Waals surface area contributed by atoms with Crippen LogP contribution < -0.4 is 0 Å². The number of hydrogen-bond acceptors (Lipinski definition) is 2. The first kappa shape index (κ1) is 10.3. The molecule has 0 amide bonds. The van der Waals surface area contributed by atoms with E-state index in [-0.39, 0.29) is 26.0 Å². The molecular weight excluding hydrogens is 226 g/mol. The third-order valence-electron chi connectivity index (χ3n) is 2.06. The molecule has 1 aliphatic rings. The molecule has 2 atom stereocenters. The van der Waals surface area contributed by atoms with Gasteiger partial charge >= 0.3 is 0 Å². The fourth-order valence-corrected chi connectivity index (χ4v) is 2.16. The number of hydrogen-bond donors (Lipinski definition) is 0. The molecule has 0 aliphatic carbocycles. The molecule has 76 valence electrons. The second-order valence-corrected chi connectivity index (χ2v) is 4.07. The van der Waals surface area contributed by atoms with Crippen LogP contribution in [0.15, 0.2) is 18.2 Å². The average molecular weight is 235 g/mol. The highest BCUT2D eigenvalue weighted by Crippen LogP contribution is 2.37. The quantitative estimate of drug-likeness (QED) is 0.693. The Morgan fingerprint density at radius 1 is 1.50 bits per heavy atom. The fraction of sp³-hybridized carbons (Fsp3) is 0.333. The van der Waals surface area contributed by atoms with Gasteiger partial charge in [0.05, 0.1) is 17.7 Å². The number of halogens is 2. The van der Waals surface area contributed by atoms with Crippen molar-refractivity contribution in [2.24, 2.45) is 0 Å². The van der Waals surface area contributed by atoms with Gasteiger partial charge < -0.3 is 9.05 Å². The molecule has 0 aromatic heterocycles. The Balaban J connectivity index is 2.26. The summed E-state index contributed by atoms with van der Waals surface area (Å²) >= 11 is 5.67. The lowest BCUT2D eigenvalue weighted by Gasteiger charge is -2.22. The minimum atomic E-state index is -0.383. The lowest BCUT2D eigenvalue weighted by molar-refractivity contribution is 0.118. The largest absolute Gasteiger partial charge is 0.336 e. The average Bonchev–Trinajstić information content (AvgIpc) is 2.23. The highest BCUT2D eigenvalue weighted by molar-refractivity contribution is 7.26. The van der Waals surface area contributed by atoms with Crippen LogP contribution in [0.25, 0.3) is 0 Å². The summed E-state index contributed by atoms with van der Waals surface area (Å²) in [4.78, 5) is 0. The Bertz CT molecular complexity index is 329. The van der Waals surface area contributed by atoms with Crippen LogP contribution in [0.3, 0.4) is 0 Å². The summed E-state index contributed by atoms with van der Waals surface area (Å²) in [5.74, 6) is -0.383. The molecule has 2 nitrogen and oxygen atoms in total. The maximum Gasteiger partial charge on any atom is 0.155 e. The molecule has 14 heavy (non-hydrogen) atoms. The van der Waals surface area contributed by atoms with Gasteiger partial charge in [-0.2, -0.15) is 0 Å². The van der Waals surface area contributed by atoms with Crippen LogP contribution in [-0.2, 0) is 9.05 Å². The predicted octanol–water partition coefficient (Wildman–Crippen LogP) is 3.47. The van der Waals surface area contributed by atoms with Crippen molar-refractivity contribution in [1.82, 2.24) is 0 Å². The van der Waals surface area contributed by atoms with Crippen LogP contribution in [-0.4, -0.2) is 6.61 Å². The first-order valence-corrected chi connectivity index (χ1v) is 5.45. The Morgan fingerprint density at radius 2 is 2.36 bits per heavy atom. The monoisotopic (exact) mass is 234 g/mol. The van der Waals surface area contributed by atoms with Gasteiger partial charge in [-0.15, -0.1) is 0 Å². The Hall–Kier alpha value is -0.210. The fourth-order valence-electron chi connectivity index (χ4n) is 1.35. The van der Waals surface area contributed by atoms with Crippen molar-refractivity contribution in [3.8, 4) is 0 Å².